The molecule has 2 aliphatic rings. The Morgan fingerprint density at radius 3 is 2.60 bits per heavy atom. The van der Waals surface area contributed by atoms with E-state index in [2.05, 4.69) is 10.6 Å². The zero-order chi connectivity index (χ0) is 17.6. The van der Waals surface area contributed by atoms with Crippen LogP contribution in [0.15, 0.2) is 18.2 Å². The lowest BCUT2D eigenvalue weighted by atomic mass is 9.89. The number of hydrogen-bond acceptors (Lipinski definition) is 4. The van der Waals surface area contributed by atoms with Gasteiger partial charge in [0.1, 0.15) is 13.2 Å². The molecule has 1 aromatic rings. The predicted octanol–water partition coefficient (Wildman–Crippen LogP) is 2.33. The van der Waals surface area contributed by atoms with E-state index in [1.807, 2.05) is 25.1 Å². The van der Waals surface area contributed by atoms with E-state index in [-0.39, 0.29) is 30.3 Å². The van der Waals surface area contributed by atoms with E-state index in [0.717, 1.165) is 37.0 Å². The lowest BCUT2D eigenvalue weighted by molar-refractivity contribution is -0.129. The molecule has 0 saturated heterocycles. The number of amides is 2. The monoisotopic (exact) mass is 346 g/mol. The van der Waals surface area contributed by atoms with Gasteiger partial charge in [-0.2, -0.15) is 0 Å². The van der Waals surface area contributed by atoms with Crippen LogP contribution < -0.4 is 20.1 Å². The molecule has 6 nitrogen and oxygen atoms in total. The Kier molecular flexibility index (Phi) is 5.79. The van der Waals surface area contributed by atoms with Crippen molar-refractivity contribution in [1.82, 2.24) is 10.6 Å². The number of benzene rings is 1. The largest absolute Gasteiger partial charge is 0.486 e. The molecule has 0 aromatic heterocycles. The molecule has 0 bridgehead atoms. The summed E-state index contributed by atoms with van der Waals surface area (Å²) < 4.78 is 11.1. The third kappa shape index (κ3) is 4.65. The van der Waals surface area contributed by atoms with E-state index >= 15 is 0 Å². The van der Waals surface area contributed by atoms with Gasteiger partial charge in [0, 0.05) is 5.92 Å². The highest BCUT2D eigenvalue weighted by Gasteiger charge is 2.22. The van der Waals surface area contributed by atoms with Crippen molar-refractivity contribution in [3.05, 3.63) is 23.8 Å². The molecule has 1 heterocycles. The molecule has 2 N–H and O–H groups in total. The number of fused-ring (bicyclic) bond motifs is 1. The Hall–Kier alpha value is -2.24. The summed E-state index contributed by atoms with van der Waals surface area (Å²) in [4.78, 5) is 24.2. The molecule has 1 fully saturated rings. The van der Waals surface area contributed by atoms with Crippen molar-refractivity contribution in [2.75, 3.05) is 19.8 Å². The lowest BCUT2D eigenvalue weighted by Crippen LogP contribution is -2.40. The number of carbonyl (C=O) groups excluding carboxylic acids is 2. The SMILES string of the molecule is C[C@H](NC(=O)CNC(=O)C1CCCCC1)c1ccc2c(c1)OCCO2. The Balaban J connectivity index is 1.48. The van der Waals surface area contributed by atoms with E-state index in [1.54, 1.807) is 0 Å². The molecule has 3 rings (SSSR count). The average molecular weight is 346 g/mol. The summed E-state index contributed by atoms with van der Waals surface area (Å²) in [6.45, 7) is 3.01. The van der Waals surface area contributed by atoms with Crippen LogP contribution in [0, 0.1) is 5.92 Å². The molecule has 6 heteroatoms. The van der Waals surface area contributed by atoms with Gasteiger partial charge < -0.3 is 20.1 Å². The molecule has 0 radical (unpaired) electrons. The first-order chi connectivity index (χ1) is 12.1. The number of ether oxygens (including phenoxy) is 2. The number of hydrogen-bond donors (Lipinski definition) is 2. The van der Waals surface area contributed by atoms with Crippen LogP contribution in [0.25, 0.3) is 0 Å². The van der Waals surface area contributed by atoms with Gasteiger partial charge in [0.05, 0.1) is 12.6 Å². The Labute approximate surface area is 148 Å². The second kappa shape index (κ2) is 8.23. The molecule has 1 aliphatic carbocycles. The van der Waals surface area contributed by atoms with E-state index in [4.69, 9.17) is 9.47 Å². The summed E-state index contributed by atoms with van der Waals surface area (Å²) in [7, 11) is 0. The Morgan fingerprint density at radius 2 is 1.84 bits per heavy atom. The van der Waals surface area contributed by atoms with Crippen LogP contribution in [0.1, 0.15) is 50.6 Å². The molecule has 25 heavy (non-hydrogen) atoms. The van der Waals surface area contributed by atoms with Gasteiger partial charge in [-0.1, -0.05) is 25.3 Å². The molecule has 136 valence electrons. The van der Waals surface area contributed by atoms with Crippen LogP contribution in [0.2, 0.25) is 0 Å². The normalized spacial score (nSPS) is 18.3. The molecular weight excluding hydrogens is 320 g/mol. The van der Waals surface area contributed by atoms with Gasteiger partial charge in [0.2, 0.25) is 11.8 Å². The highest BCUT2D eigenvalue weighted by molar-refractivity contribution is 5.86. The predicted molar refractivity (Wildman–Crippen MR) is 93.6 cm³/mol. The van der Waals surface area contributed by atoms with E-state index in [0.29, 0.717) is 19.0 Å². The lowest BCUT2D eigenvalue weighted by Gasteiger charge is -2.22. The smallest absolute Gasteiger partial charge is 0.239 e. The van der Waals surface area contributed by atoms with Crippen molar-refractivity contribution in [2.24, 2.45) is 5.92 Å². The molecule has 1 atom stereocenters. The maximum Gasteiger partial charge on any atom is 0.239 e. The fraction of sp³-hybridized carbons (Fsp3) is 0.579. The summed E-state index contributed by atoms with van der Waals surface area (Å²) in [5, 5.41) is 5.67. The number of rotatable bonds is 5. The van der Waals surface area contributed by atoms with Crippen LogP contribution in [0.3, 0.4) is 0 Å². The quantitative estimate of drug-likeness (QED) is 0.858. The van der Waals surface area contributed by atoms with Gasteiger partial charge in [-0.05, 0) is 37.5 Å². The first-order valence-electron chi connectivity index (χ1n) is 9.10. The minimum Gasteiger partial charge on any atom is -0.486 e. The van der Waals surface area contributed by atoms with E-state index < -0.39 is 0 Å². The number of nitrogens with one attached hydrogen (secondary N) is 2. The highest BCUT2D eigenvalue weighted by Crippen LogP contribution is 2.32. The van der Waals surface area contributed by atoms with Gasteiger partial charge in [0.25, 0.3) is 0 Å². The van der Waals surface area contributed by atoms with Crippen molar-refractivity contribution in [3.63, 3.8) is 0 Å². The molecular formula is C19H26N2O4. The molecule has 1 aromatic carbocycles. The average Bonchev–Trinajstić information content (AvgIpc) is 2.66. The van der Waals surface area contributed by atoms with Crippen LogP contribution >= 0.6 is 0 Å². The standard InChI is InChI=1S/C19H26N2O4/c1-13(15-7-8-16-17(11-15)25-10-9-24-16)21-18(22)12-20-19(23)14-5-3-2-4-6-14/h7-8,11,13-14H,2-6,9-10,12H2,1H3,(H,20,23)(H,21,22)/t13-/m0/s1. The van der Waals surface area contributed by atoms with E-state index in [9.17, 15) is 9.59 Å². The third-order valence-electron chi connectivity index (χ3n) is 4.84. The Bertz CT molecular complexity index is 626. The summed E-state index contributed by atoms with van der Waals surface area (Å²) >= 11 is 0. The molecule has 1 aliphatic heterocycles. The molecule has 2 amide bonds. The van der Waals surface area contributed by atoms with E-state index in [1.165, 1.54) is 6.42 Å². The van der Waals surface area contributed by atoms with Gasteiger partial charge in [-0.15, -0.1) is 0 Å². The third-order valence-corrected chi connectivity index (χ3v) is 4.84. The van der Waals surface area contributed by atoms with Gasteiger partial charge >= 0.3 is 0 Å². The van der Waals surface area contributed by atoms with Crippen LogP contribution in [-0.4, -0.2) is 31.6 Å². The molecule has 0 unspecified atom stereocenters. The van der Waals surface area contributed by atoms with Gasteiger partial charge in [-0.25, -0.2) is 0 Å². The minimum atomic E-state index is -0.188. The Morgan fingerprint density at radius 1 is 1.12 bits per heavy atom. The summed E-state index contributed by atoms with van der Waals surface area (Å²) in [5.41, 5.74) is 0.941. The second-order valence-corrected chi connectivity index (χ2v) is 6.75. The van der Waals surface area contributed by atoms with Gasteiger partial charge in [-0.3, -0.25) is 9.59 Å². The summed E-state index contributed by atoms with van der Waals surface area (Å²) in [6.07, 6.45) is 5.27. The zero-order valence-corrected chi connectivity index (χ0v) is 14.7. The van der Waals surface area contributed by atoms with Crippen LogP contribution in [0.4, 0.5) is 0 Å². The first-order valence-corrected chi connectivity index (χ1v) is 9.10. The second-order valence-electron chi connectivity index (χ2n) is 6.75. The van der Waals surface area contributed by atoms with Crippen LogP contribution in [0.5, 0.6) is 11.5 Å². The van der Waals surface area contributed by atoms with Crippen molar-refractivity contribution < 1.29 is 19.1 Å². The fourth-order valence-corrected chi connectivity index (χ4v) is 3.38. The summed E-state index contributed by atoms with van der Waals surface area (Å²) in [5.74, 6) is 1.31. The highest BCUT2D eigenvalue weighted by atomic mass is 16.6. The van der Waals surface area contributed by atoms with Crippen LogP contribution in [-0.2, 0) is 9.59 Å². The topological polar surface area (TPSA) is 76.7 Å². The number of carbonyl (C=O) groups is 2. The van der Waals surface area contributed by atoms with Crippen molar-refractivity contribution in [1.29, 1.82) is 0 Å². The first kappa shape index (κ1) is 17.6. The van der Waals surface area contributed by atoms with Gasteiger partial charge in [0.15, 0.2) is 11.5 Å². The molecule has 1 saturated carbocycles. The maximum atomic E-state index is 12.1. The minimum absolute atomic E-state index is 0.00170. The van der Waals surface area contributed by atoms with Crippen molar-refractivity contribution in [2.45, 2.75) is 45.1 Å². The molecule has 0 spiro atoms. The maximum absolute atomic E-state index is 12.1. The zero-order valence-electron chi connectivity index (χ0n) is 14.7. The van der Waals surface area contributed by atoms with Crippen molar-refractivity contribution in [3.8, 4) is 11.5 Å². The van der Waals surface area contributed by atoms with Crippen molar-refractivity contribution >= 4 is 11.8 Å². The fourth-order valence-electron chi connectivity index (χ4n) is 3.38. The summed E-state index contributed by atoms with van der Waals surface area (Å²) in [6, 6.07) is 5.49.